The zero-order chi connectivity index (χ0) is 38.8. The van der Waals surface area contributed by atoms with Crippen molar-refractivity contribution in [3.63, 3.8) is 0 Å². The first-order valence-electron chi connectivity index (χ1n) is 20.3. The predicted molar refractivity (Wildman–Crippen MR) is 206 cm³/mol. The molecule has 8 heteroatoms. The molecule has 4 saturated carbocycles. The Morgan fingerprint density at radius 3 is 2.23 bits per heavy atom. The number of carbonyl (C=O) groups excluding carboxylic acids is 2. The van der Waals surface area contributed by atoms with Crippen molar-refractivity contribution in [2.24, 2.45) is 50.2 Å². The van der Waals surface area contributed by atoms with Crippen LogP contribution in [0.3, 0.4) is 0 Å². The number of carboxylic acids is 1. The molecular weight excluding hydrogens is 666 g/mol. The Hall–Kier alpha value is -2.87. The van der Waals surface area contributed by atoms with Crippen LogP contribution in [0.2, 0.25) is 0 Å². The van der Waals surface area contributed by atoms with Crippen molar-refractivity contribution in [2.75, 3.05) is 6.61 Å². The maximum atomic E-state index is 14.0. The third-order valence-electron chi connectivity index (χ3n) is 15.6. The quantitative estimate of drug-likeness (QED) is 0.202. The number of alkyl carbamates (subject to hydrolysis) is 1. The lowest BCUT2D eigenvalue weighted by Gasteiger charge is -2.71. The summed E-state index contributed by atoms with van der Waals surface area (Å²) in [5.74, 6) is -0.218. The third kappa shape index (κ3) is 6.97. The number of amides is 1. The van der Waals surface area contributed by atoms with E-state index in [4.69, 9.17) is 14.2 Å². The minimum atomic E-state index is -1.01. The number of esters is 1. The molecule has 4 fully saturated rings. The van der Waals surface area contributed by atoms with Gasteiger partial charge in [0.15, 0.2) is 6.04 Å². The summed E-state index contributed by atoms with van der Waals surface area (Å²) < 4.78 is 17.9. The Bertz CT molecular complexity index is 1590. The molecule has 53 heavy (non-hydrogen) atoms. The van der Waals surface area contributed by atoms with E-state index in [2.05, 4.69) is 59.9 Å². The number of rotatable bonds is 8. The normalized spacial score (nSPS) is 37.7. The molecule has 1 aromatic carbocycles. The molecule has 0 unspecified atom stereocenters. The highest BCUT2D eigenvalue weighted by atomic mass is 16.6. The van der Waals surface area contributed by atoms with E-state index in [0.29, 0.717) is 18.4 Å². The molecule has 8 nitrogen and oxygen atoms in total. The molecule has 0 saturated heterocycles. The van der Waals surface area contributed by atoms with Gasteiger partial charge in [0.1, 0.15) is 11.7 Å². The molecule has 0 spiro atoms. The summed E-state index contributed by atoms with van der Waals surface area (Å²) in [4.78, 5) is 39.9. The number of benzene rings is 1. The summed E-state index contributed by atoms with van der Waals surface area (Å²) in [5, 5.41) is 13.5. The second kappa shape index (κ2) is 13.7. The Morgan fingerprint density at radius 2 is 1.57 bits per heavy atom. The highest BCUT2D eigenvalue weighted by Crippen LogP contribution is 2.75. The third-order valence-corrected chi connectivity index (χ3v) is 15.6. The maximum Gasteiger partial charge on any atom is 0.408 e. The molecule has 1 amide bonds. The molecule has 5 aliphatic rings. The highest BCUT2D eigenvalue weighted by molar-refractivity contribution is 5.82. The number of hydrogen-bond donors (Lipinski definition) is 2. The topological polar surface area (TPSA) is 111 Å². The van der Waals surface area contributed by atoms with Crippen LogP contribution >= 0.6 is 0 Å². The number of ether oxygens (including phenoxy) is 3. The summed E-state index contributed by atoms with van der Waals surface area (Å²) in [7, 11) is 0. The van der Waals surface area contributed by atoms with Gasteiger partial charge in [-0.25, -0.2) is 9.59 Å². The fraction of sp³-hybridized carbons (Fsp3) is 0.756. The van der Waals surface area contributed by atoms with Gasteiger partial charge in [-0.1, -0.05) is 90.4 Å². The number of nitrogens with one attached hydrogen (secondary N) is 1. The number of fused-ring (bicyclic) bond motifs is 7. The lowest BCUT2D eigenvalue weighted by atomic mass is 9.33. The van der Waals surface area contributed by atoms with Gasteiger partial charge < -0.3 is 24.6 Å². The van der Waals surface area contributed by atoms with Gasteiger partial charge in [-0.3, -0.25) is 4.79 Å². The van der Waals surface area contributed by atoms with Crippen molar-refractivity contribution in [1.82, 2.24) is 5.32 Å². The first kappa shape index (κ1) is 39.8. The summed E-state index contributed by atoms with van der Waals surface area (Å²) in [6.45, 7) is 22.4. The van der Waals surface area contributed by atoms with Crippen LogP contribution in [0.15, 0.2) is 42.0 Å². The monoisotopic (exact) mass is 733 g/mol. The second-order valence-corrected chi connectivity index (χ2v) is 20.7. The van der Waals surface area contributed by atoms with Gasteiger partial charge in [-0.2, -0.15) is 0 Å². The van der Waals surface area contributed by atoms with Crippen molar-refractivity contribution >= 4 is 18.0 Å². The highest BCUT2D eigenvalue weighted by Gasteiger charge is 2.69. The van der Waals surface area contributed by atoms with Gasteiger partial charge in [-0.15, -0.1) is 0 Å². The van der Waals surface area contributed by atoms with E-state index >= 15 is 0 Å². The van der Waals surface area contributed by atoms with Gasteiger partial charge >= 0.3 is 18.0 Å². The van der Waals surface area contributed by atoms with E-state index in [-0.39, 0.29) is 45.7 Å². The second-order valence-electron chi connectivity index (χ2n) is 20.7. The zero-order valence-electron chi connectivity index (χ0n) is 34.2. The predicted octanol–water partition coefficient (Wildman–Crippen LogP) is 9.89. The summed E-state index contributed by atoms with van der Waals surface area (Å²) in [6.07, 6.45) is 10.7. The fourth-order valence-electron chi connectivity index (χ4n) is 12.5. The minimum absolute atomic E-state index is 0.0315. The smallest absolute Gasteiger partial charge is 0.408 e. The fourth-order valence-corrected chi connectivity index (χ4v) is 12.5. The molecule has 1 aromatic rings. The number of allylic oxidation sites excluding steroid dienone is 2. The molecule has 0 heterocycles. The van der Waals surface area contributed by atoms with E-state index in [1.165, 1.54) is 5.57 Å². The number of hydrogen-bond acceptors (Lipinski definition) is 6. The van der Waals surface area contributed by atoms with Crippen LogP contribution in [0.1, 0.15) is 139 Å². The van der Waals surface area contributed by atoms with E-state index in [0.717, 1.165) is 69.8 Å². The van der Waals surface area contributed by atoms with E-state index in [9.17, 15) is 19.5 Å². The first-order chi connectivity index (χ1) is 24.6. The average Bonchev–Trinajstić information content (AvgIpc) is 3.05. The van der Waals surface area contributed by atoms with Crippen molar-refractivity contribution in [3.05, 3.63) is 47.5 Å². The van der Waals surface area contributed by atoms with Crippen LogP contribution in [0, 0.1) is 50.2 Å². The summed E-state index contributed by atoms with van der Waals surface area (Å²) >= 11 is 0. The van der Waals surface area contributed by atoms with E-state index in [1.807, 2.05) is 30.3 Å². The molecule has 0 radical (unpaired) electrons. The van der Waals surface area contributed by atoms with Gasteiger partial charge in [0, 0.05) is 5.41 Å². The van der Waals surface area contributed by atoms with Crippen molar-refractivity contribution in [1.29, 1.82) is 0 Å². The SMILES string of the molecule is CC1(C)CC[C@]2(C(=O)O)CC[C@]3(C)C(=CC[C@@H]4[C@@]5(C)CC[C@H](OC(=O)[C@H](COCc6ccccc6)NC(=O)OC(C)(C)C)C(C)(C)[C@@H]5CC[C@]43C)[C@@H]2C1. The molecule has 0 aliphatic heterocycles. The van der Waals surface area contributed by atoms with E-state index < -0.39 is 35.1 Å². The Kier molecular flexibility index (Phi) is 10.3. The first-order valence-corrected chi connectivity index (χ1v) is 20.3. The molecule has 5 aliphatic carbocycles. The Balaban J connectivity index is 1.21. The molecule has 9 atom stereocenters. The lowest BCUT2D eigenvalue weighted by molar-refractivity contribution is -0.215. The largest absolute Gasteiger partial charge is 0.481 e. The summed E-state index contributed by atoms with van der Waals surface area (Å²) in [6, 6.07) is 8.73. The Morgan fingerprint density at radius 1 is 0.887 bits per heavy atom. The minimum Gasteiger partial charge on any atom is -0.481 e. The maximum absolute atomic E-state index is 14.0. The number of aliphatic carboxylic acids is 1. The van der Waals surface area contributed by atoms with Gasteiger partial charge in [0.25, 0.3) is 0 Å². The van der Waals surface area contributed by atoms with Crippen LogP contribution < -0.4 is 5.32 Å². The van der Waals surface area contributed by atoms with Crippen LogP contribution in [-0.4, -0.2) is 47.5 Å². The molecule has 0 bridgehead atoms. The molecule has 294 valence electrons. The molecule has 0 aromatic heterocycles. The van der Waals surface area contributed by atoms with Crippen molar-refractivity contribution in [3.8, 4) is 0 Å². The molecular formula is C45H67NO7. The van der Waals surface area contributed by atoms with Gasteiger partial charge in [0.2, 0.25) is 0 Å². The van der Waals surface area contributed by atoms with E-state index in [1.54, 1.807) is 20.8 Å². The number of carboxylic acid groups (broad SMARTS) is 1. The van der Waals surface area contributed by atoms with Crippen LogP contribution in [0.5, 0.6) is 0 Å². The number of carbonyl (C=O) groups is 3. The van der Waals surface area contributed by atoms with Crippen molar-refractivity contribution < 1.29 is 33.7 Å². The summed E-state index contributed by atoms with van der Waals surface area (Å²) in [5.41, 5.74) is 0.937. The average molecular weight is 734 g/mol. The van der Waals surface area contributed by atoms with Crippen LogP contribution in [-0.2, 0) is 30.4 Å². The Labute approximate surface area is 318 Å². The molecule has 2 N–H and O–H groups in total. The van der Waals surface area contributed by atoms with Crippen LogP contribution in [0.25, 0.3) is 0 Å². The molecule has 6 rings (SSSR count). The van der Waals surface area contributed by atoms with Crippen LogP contribution in [0.4, 0.5) is 4.79 Å². The van der Waals surface area contributed by atoms with Gasteiger partial charge in [0.05, 0.1) is 18.6 Å². The zero-order valence-corrected chi connectivity index (χ0v) is 34.2. The van der Waals surface area contributed by atoms with Gasteiger partial charge in [-0.05, 0) is 130 Å². The standard InChI is InChI=1S/C45H67NO7/c1-39(2,3)53-38(50)46-32(28-51-27-29-14-12-11-13-15-29)36(47)52-35-19-20-42(8)33(41(35,6)7)18-21-44(10)34(42)17-16-30-31-26-40(4,5)22-24-45(31,37(48)49)25-23-43(30,44)9/h11-16,31-35H,17-28H2,1-10H3,(H,46,50)(H,48,49)/t31-,32-,33-,34+,35-,42-,43+,44+,45-/m0/s1. The van der Waals surface area contributed by atoms with Crippen molar-refractivity contribution in [2.45, 2.75) is 158 Å². The lowest BCUT2D eigenvalue weighted by Crippen LogP contribution is -2.65.